The van der Waals surface area contributed by atoms with E-state index >= 15 is 0 Å². The predicted molar refractivity (Wildman–Crippen MR) is 131 cm³/mol. The van der Waals surface area contributed by atoms with Gasteiger partial charge in [-0.3, -0.25) is 4.90 Å². The summed E-state index contributed by atoms with van der Waals surface area (Å²) < 4.78 is 5.46. The number of morpholine rings is 1. The van der Waals surface area contributed by atoms with E-state index in [0.29, 0.717) is 12.6 Å². The van der Waals surface area contributed by atoms with Gasteiger partial charge in [0.2, 0.25) is 0 Å². The number of hydrogen-bond donors (Lipinski definition) is 2. The quantitative estimate of drug-likeness (QED) is 0.598. The van der Waals surface area contributed by atoms with Crippen LogP contribution in [0.5, 0.6) is 0 Å². The standard InChI is InChI=1S/C25H29N5O2S/c31-25(28-19-1-2-19)30-7-5-17(6-8-30)22-15-27-24-21(22)13-18(14-26-24)23-4-3-20(33-23)16-29-9-11-32-12-10-29/h3-5,13-15,19H,1-2,6-12,16H2,(H,26,27)(H,28,31). The highest BCUT2D eigenvalue weighted by Crippen LogP contribution is 2.34. The molecule has 5 heterocycles. The lowest BCUT2D eigenvalue weighted by atomic mass is 9.99. The van der Waals surface area contributed by atoms with Crippen molar-refractivity contribution in [2.24, 2.45) is 0 Å². The molecule has 1 saturated carbocycles. The predicted octanol–water partition coefficient (Wildman–Crippen LogP) is 4.08. The van der Waals surface area contributed by atoms with Crippen molar-refractivity contribution in [3.63, 3.8) is 0 Å². The van der Waals surface area contributed by atoms with Crippen molar-refractivity contribution >= 4 is 34.0 Å². The topological polar surface area (TPSA) is 73.5 Å². The summed E-state index contributed by atoms with van der Waals surface area (Å²) in [4.78, 5) is 27.4. The van der Waals surface area contributed by atoms with Crippen LogP contribution in [-0.2, 0) is 11.3 Å². The number of aromatic nitrogens is 2. The first-order valence-electron chi connectivity index (χ1n) is 11.8. The van der Waals surface area contributed by atoms with Gasteiger partial charge in [0, 0.05) is 77.4 Å². The molecule has 172 valence electrons. The smallest absolute Gasteiger partial charge is 0.317 e. The van der Waals surface area contributed by atoms with Gasteiger partial charge in [-0.1, -0.05) is 6.08 Å². The zero-order valence-electron chi connectivity index (χ0n) is 18.7. The first-order valence-corrected chi connectivity index (χ1v) is 12.7. The van der Waals surface area contributed by atoms with E-state index in [1.54, 1.807) is 0 Å². The van der Waals surface area contributed by atoms with Gasteiger partial charge in [-0.15, -0.1) is 11.3 Å². The monoisotopic (exact) mass is 463 g/mol. The Morgan fingerprint density at radius 2 is 2.12 bits per heavy atom. The van der Waals surface area contributed by atoms with Crippen molar-refractivity contribution in [1.82, 2.24) is 25.1 Å². The zero-order valence-corrected chi connectivity index (χ0v) is 19.5. The number of nitrogens with one attached hydrogen (secondary N) is 2. The molecule has 6 rings (SSSR count). The van der Waals surface area contributed by atoms with E-state index < -0.39 is 0 Å². The van der Waals surface area contributed by atoms with E-state index in [1.807, 2.05) is 22.4 Å². The fourth-order valence-corrected chi connectivity index (χ4v) is 5.62. The lowest BCUT2D eigenvalue weighted by Crippen LogP contribution is -2.42. The summed E-state index contributed by atoms with van der Waals surface area (Å²) in [5, 5.41) is 4.24. The molecule has 1 saturated heterocycles. The number of pyridine rings is 1. The maximum atomic E-state index is 12.3. The normalized spacial score (nSPS) is 19.6. The number of nitrogens with zero attached hydrogens (tertiary/aromatic N) is 3. The number of urea groups is 1. The molecule has 0 atom stereocenters. The van der Waals surface area contributed by atoms with Gasteiger partial charge in [-0.25, -0.2) is 9.78 Å². The number of hydrogen-bond acceptors (Lipinski definition) is 5. The fourth-order valence-electron chi connectivity index (χ4n) is 4.59. The molecule has 33 heavy (non-hydrogen) atoms. The summed E-state index contributed by atoms with van der Waals surface area (Å²) >= 11 is 1.85. The molecule has 1 aliphatic carbocycles. The van der Waals surface area contributed by atoms with Crippen molar-refractivity contribution < 1.29 is 9.53 Å². The molecular formula is C25H29N5O2S. The summed E-state index contributed by atoms with van der Waals surface area (Å²) in [6, 6.07) is 7.17. The minimum atomic E-state index is 0.0706. The van der Waals surface area contributed by atoms with Gasteiger partial charge in [0.25, 0.3) is 0 Å². The number of rotatable bonds is 5. The van der Waals surface area contributed by atoms with Crippen molar-refractivity contribution in [3.8, 4) is 10.4 Å². The number of H-pyrrole nitrogens is 1. The second kappa shape index (κ2) is 8.93. The van der Waals surface area contributed by atoms with Crippen LogP contribution in [0.3, 0.4) is 0 Å². The van der Waals surface area contributed by atoms with Crippen LogP contribution in [0.25, 0.3) is 27.0 Å². The molecule has 2 aliphatic heterocycles. The highest BCUT2D eigenvalue weighted by atomic mass is 32.1. The van der Waals surface area contributed by atoms with Crippen LogP contribution in [0, 0.1) is 0 Å². The number of fused-ring (bicyclic) bond motifs is 1. The molecule has 7 nitrogen and oxygen atoms in total. The number of thiophene rings is 1. The number of ether oxygens (including phenoxy) is 1. The molecule has 0 unspecified atom stereocenters. The molecule has 2 fully saturated rings. The molecule has 3 aromatic rings. The van der Waals surface area contributed by atoms with Gasteiger partial charge in [-0.05, 0) is 43.0 Å². The minimum Gasteiger partial charge on any atom is -0.379 e. The second-order valence-corrected chi connectivity index (χ2v) is 10.3. The Bertz CT molecular complexity index is 1190. The number of amides is 2. The summed E-state index contributed by atoms with van der Waals surface area (Å²) in [6.45, 7) is 6.05. The van der Waals surface area contributed by atoms with Gasteiger partial charge in [0.1, 0.15) is 5.65 Å². The Labute approximate surface area is 197 Å². The molecule has 0 bridgehead atoms. The maximum absolute atomic E-state index is 12.3. The molecular weight excluding hydrogens is 434 g/mol. The summed E-state index contributed by atoms with van der Waals surface area (Å²) in [6.07, 6.45) is 9.31. The van der Waals surface area contributed by atoms with E-state index in [9.17, 15) is 4.79 Å². The second-order valence-electron chi connectivity index (χ2n) is 9.13. The zero-order chi connectivity index (χ0) is 22.2. The van der Waals surface area contributed by atoms with Crippen LogP contribution in [0.2, 0.25) is 0 Å². The van der Waals surface area contributed by atoms with Crippen molar-refractivity contribution in [3.05, 3.63) is 47.1 Å². The molecule has 3 aromatic heterocycles. The van der Waals surface area contributed by atoms with Gasteiger partial charge < -0.3 is 19.9 Å². The first kappa shape index (κ1) is 20.9. The van der Waals surface area contributed by atoms with E-state index in [1.165, 1.54) is 20.9 Å². The average Bonchev–Trinajstić information content (AvgIpc) is 3.37. The largest absolute Gasteiger partial charge is 0.379 e. The van der Waals surface area contributed by atoms with Gasteiger partial charge in [0.15, 0.2) is 0 Å². The number of carbonyl (C=O) groups is 1. The Hall–Kier alpha value is -2.68. The molecule has 2 amide bonds. The average molecular weight is 464 g/mol. The molecule has 8 heteroatoms. The van der Waals surface area contributed by atoms with Crippen LogP contribution in [0.4, 0.5) is 4.79 Å². The van der Waals surface area contributed by atoms with Crippen molar-refractivity contribution in [2.45, 2.75) is 31.8 Å². The maximum Gasteiger partial charge on any atom is 0.317 e. The van der Waals surface area contributed by atoms with Crippen LogP contribution in [-0.4, -0.2) is 71.2 Å². The third-order valence-corrected chi connectivity index (χ3v) is 7.83. The van der Waals surface area contributed by atoms with Gasteiger partial charge in [0.05, 0.1) is 13.2 Å². The Morgan fingerprint density at radius 3 is 2.91 bits per heavy atom. The summed E-state index contributed by atoms with van der Waals surface area (Å²) in [7, 11) is 0. The SMILES string of the molecule is O=C(NC1CC1)N1CC=C(c2c[nH]c3ncc(-c4ccc(CN5CCOCC5)s4)cc23)CC1. The molecule has 0 aromatic carbocycles. The van der Waals surface area contributed by atoms with Crippen molar-refractivity contribution in [1.29, 1.82) is 0 Å². The van der Waals surface area contributed by atoms with E-state index in [2.05, 4.69) is 45.7 Å². The highest BCUT2D eigenvalue weighted by Gasteiger charge is 2.27. The number of aromatic amines is 1. The third-order valence-electron chi connectivity index (χ3n) is 6.71. The molecule has 3 aliphatic rings. The van der Waals surface area contributed by atoms with E-state index in [-0.39, 0.29) is 6.03 Å². The van der Waals surface area contributed by atoms with Crippen molar-refractivity contribution in [2.75, 3.05) is 39.4 Å². The molecule has 2 N–H and O–H groups in total. The lowest BCUT2D eigenvalue weighted by Gasteiger charge is -2.26. The summed E-state index contributed by atoms with van der Waals surface area (Å²) in [5.74, 6) is 0. The molecule has 0 spiro atoms. The lowest BCUT2D eigenvalue weighted by molar-refractivity contribution is 0.0346. The van der Waals surface area contributed by atoms with Crippen LogP contribution in [0.15, 0.2) is 36.7 Å². The van der Waals surface area contributed by atoms with Gasteiger partial charge >= 0.3 is 6.03 Å². The third kappa shape index (κ3) is 4.55. The fraction of sp³-hybridized carbons (Fsp3) is 0.440. The minimum absolute atomic E-state index is 0.0706. The molecule has 0 radical (unpaired) electrons. The van der Waals surface area contributed by atoms with E-state index in [0.717, 1.165) is 75.3 Å². The van der Waals surface area contributed by atoms with Crippen LogP contribution in [0.1, 0.15) is 29.7 Å². The van der Waals surface area contributed by atoms with Gasteiger partial charge in [-0.2, -0.15) is 0 Å². The Morgan fingerprint density at radius 1 is 1.24 bits per heavy atom. The Balaban J connectivity index is 1.19. The number of carbonyl (C=O) groups excluding carboxylic acids is 1. The van der Waals surface area contributed by atoms with E-state index in [4.69, 9.17) is 9.72 Å². The highest BCUT2D eigenvalue weighted by molar-refractivity contribution is 7.15. The Kier molecular flexibility index (Phi) is 5.65. The van der Waals surface area contributed by atoms with Crippen LogP contribution >= 0.6 is 11.3 Å². The van der Waals surface area contributed by atoms with Crippen LogP contribution < -0.4 is 5.32 Å². The first-order chi connectivity index (χ1) is 16.2. The summed E-state index contributed by atoms with van der Waals surface area (Å²) in [5.41, 5.74) is 4.55.